The fraction of sp³-hybridized carbons (Fsp3) is 0.368. The zero-order valence-corrected chi connectivity index (χ0v) is 19.4. The fourth-order valence-electron chi connectivity index (χ4n) is 3.05. The van der Waals surface area contributed by atoms with Crippen molar-refractivity contribution in [3.63, 3.8) is 0 Å². The summed E-state index contributed by atoms with van der Waals surface area (Å²) in [6.07, 6.45) is 1.43. The number of hydrogen-bond donors (Lipinski definition) is 1. The van der Waals surface area contributed by atoms with Crippen LogP contribution in [0.3, 0.4) is 0 Å². The molecule has 0 bridgehead atoms. The van der Waals surface area contributed by atoms with E-state index < -0.39 is 16.0 Å². The maximum Gasteiger partial charge on any atom is 0.340 e. The van der Waals surface area contributed by atoms with E-state index in [9.17, 15) is 18.0 Å². The van der Waals surface area contributed by atoms with Crippen molar-refractivity contribution < 1.29 is 22.7 Å². The number of aryl methyl sites for hydroxylation is 1. The van der Waals surface area contributed by atoms with Gasteiger partial charge in [0.2, 0.25) is 10.0 Å². The molecule has 1 N–H and O–H groups in total. The second kappa shape index (κ2) is 8.81. The lowest BCUT2D eigenvalue weighted by atomic mass is 10.1. The van der Waals surface area contributed by atoms with E-state index in [-0.39, 0.29) is 23.0 Å². The Bertz CT molecular complexity index is 1260. The van der Waals surface area contributed by atoms with Crippen LogP contribution in [0.15, 0.2) is 28.4 Å². The number of carbonyl (C=O) groups is 2. The number of esters is 1. The Labute approximate surface area is 184 Å². The first-order chi connectivity index (χ1) is 14.6. The van der Waals surface area contributed by atoms with Gasteiger partial charge in [0.15, 0.2) is 16.6 Å². The van der Waals surface area contributed by atoms with E-state index >= 15 is 0 Å². The summed E-state index contributed by atoms with van der Waals surface area (Å²) in [5, 5.41) is 8.46. The molecular formula is C19H23N5O5S2. The number of pyridine rings is 1. The van der Waals surface area contributed by atoms with Crippen molar-refractivity contribution in [3.8, 4) is 0 Å². The normalized spacial score (nSPS) is 11.9. The van der Waals surface area contributed by atoms with Gasteiger partial charge in [-0.2, -0.15) is 0 Å². The molecule has 0 aromatic carbocycles. The predicted octanol–water partition coefficient (Wildman–Crippen LogP) is 2.08. The van der Waals surface area contributed by atoms with Crippen molar-refractivity contribution >= 4 is 39.2 Å². The Balaban J connectivity index is 1.84. The molecule has 3 heterocycles. The molecule has 0 aliphatic rings. The van der Waals surface area contributed by atoms with Crippen molar-refractivity contribution in [1.82, 2.24) is 23.9 Å². The Kier molecular flexibility index (Phi) is 6.53. The van der Waals surface area contributed by atoms with E-state index in [2.05, 4.69) is 15.2 Å². The highest BCUT2D eigenvalue weighted by Gasteiger charge is 2.24. The SMILES string of the molecule is CCOC(=O)c1c(C)[nH]c(C(=O)CSc2nnc3ccc(S(=O)(=O)N(C)C)cn23)c1C. The third-order valence-electron chi connectivity index (χ3n) is 4.65. The van der Waals surface area contributed by atoms with Crippen LogP contribution >= 0.6 is 11.8 Å². The maximum absolute atomic E-state index is 12.8. The van der Waals surface area contributed by atoms with Crippen LogP contribution in [0, 0.1) is 13.8 Å². The number of thioether (sulfide) groups is 1. The molecule has 0 atom stereocenters. The summed E-state index contributed by atoms with van der Waals surface area (Å²) in [5.41, 5.74) is 2.26. The number of carbonyl (C=O) groups excluding carboxylic acids is 2. The first-order valence-electron chi connectivity index (χ1n) is 9.37. The molecule has 0 radical (unpaired) electrons. The third-order valence-corrected chi connectivity index (χ3v) is 7.39. The molecule has 10 nitrogen and oxygen atoms in total. The quantitative estimate of drug-likeness (QED) is 0.304. The van der Waals surface area contributed by atoms with Crippen LogP contribution in [0.25, 0.3) is 5.65 Å². The lowest BCUT2D eigenvalue weighted by molar-refractivity contribution is 0.0525. The number of fused-ring (bicyclic) bond motifs is 1. The van der Waals surface area contributed by atoms with Gasteiger partial charge < -0.3 is 9.72 Å². The van der Waals surface area contributed by atoms with Crippen molar-refractivity contribution in [2.45, 2.75) is 30.8 Å². The Morgan fingerprint density at radius 2 is 1.94 bits per heavy atom. The Hall–Kier alpha value is -2.70. The number of ketones is 1. The first-order valence-corrected chi connectivity index (χ1v) is 11.8. The number of H-pyrrole nitrogens is 1. The Morgan fingerprint density at radius 3 is 2.58 bits per heavy atom. The van der Waals surface area contributed by atoms with Gasteiger partial charge in [0.25, 0.3) is 0 Å². The van der Waals surface area contributed by atoms with E-state index in [0.29, 0.717) is 33.3 Å². The van der Waals surface area contributed by atoms with Gasteiger partial charge in [-0.05, 0) is 38.5 Å². The summed E-state index contributed by atoms with van der Waals surface area (Å²) < 4.78 is 32.5. The molecule has 0 saturated carbocycles. The molecule has 0 unspecified atom stereocenters. The van der Waals surface area contributed by atoms with Gasteiger partial charge in [-0.3, -0.25) is 9.20 Å². The van der Waals surface area contributed by atoms with Crippen LogP contribution in [0.2, 0.25) is 0 Å². The van der Waals surface area contributed by atoms with E-state index in [1.165, 1.54) is 30.8 Å². The average Bonchev–Trinajstić information content (AvgIpc) is 3.25. The number of aromatic amines is 1. The molecule has 0 fully saturated rings. The van der Waals surface area contributed by atoms with E-state index in [1.54, 1.807) is 26.8 Å². The van der Waals surface area contributed by atoms with Gasteiger partial charge in [-0.1, -0.05) is 11.8 Å². The maximum atomic E-state index is 12.8. The molecule has 3 aromatic heterocycles. The molecule has 0 amide bonds. The summed E-state index contributed by atoms with van der Waals surface area (Å²) >= 11 is 1.12. The van der Waals surface area contributed by atoms with Crippen LogP contribution in [0.1, 0.15) is 39.0 Å². The minimum atomic E-state index is -3.63. The number of rotatable bonds is 8. The number of nitrogens with one attached hydrogen (secondary N) is 1. The lowest BCUT2D eigenvalue weighted by Crippen LogP contribution is -2.22. The molecule has 31 heavy (non-hydrogen) atoms. The van der Waals surface area contributed by atoms with Crippen LogP contribution in [0.5, 0.6) is 0 Å². The second-order valence-corrected chi connectivity index (χ2v) is 10.0. The molecule has 12 heteroatoms. The van der Waals surface area contributed by atoms with Crippen LogP contribution < -0.4 is 0 Å². The van der Waals surface area contributed by atoms with Crippen LogP contribution in [-0.2, 0) is 14.8 Å². The summed E-state index contributed by atoms with van der Waals surface area (Å²) in [6, 6.07) is 3.01. The summed E-state index contributed by atoms with van der Waals surface area (Å²) in [5.74, 6) is -0.678. The van der Waals surface area contributed by atoms with Gasteiger partial charge in [0, 0.05) is 26.0 Å². The minimum Gasteiger partial charge on any atom is -0.462 e. The van der Waals surface area contributed by atoms with Crippen LogP contribution in [0.4, 0.5) is 0 Å². The van der Waals surface area contributed by atoms with Gasteiger partial charge in [-0.25, -0.2) is 17.5 Å². The average molecular weight is 466 g/mol. The minimum absolute atomic E-state index is 0.0223. The standard InChI is InChI=1S/C19H23N5O5S2/c1-6-29-18(26)16-11(2)17(20-12(16)3)14(25)10-30-19-22-21-15-8-7-13(9-24(15)19)31(27,28)23(4)5/h7-9,20H,6,10H2,1-5H3. The highest BCUT2D eigenvalue weighted by atomic mass is 32.2. The Morgan fingerprint density at radius 1 is 1.23 bits per heavy atom. The molecule has 0 aliphatic carbocycles. The summed E-state index contributed by atoms with van der Waals surface area (Å²) in [7, 11) is -0.727. The number of ether oxygens (including phenoxy) is 1. The van der Waals surface area contributed by atoms with Crippen LogP contribution in [-0.4, -0.2) is 70.5 Å². The van der Waals surface area contributed by atoms with E-state index in [0.717, 1.165) is 16.1 Å². The highest BCUT2D eigenvalue weighted by Crippen LogP contribution is 2.24. The van der Waals surface area contributed by atoms with Crippen molar-refractivity contribution in [2.75, 3.05) is 26.5 Å². The number of sulfonamides is 1. The summed E-state index contributed by atoms with van der Waals surface area (Å²) in [6.45, 7) is 5.37. The van der Waals surface area contributed by atoms with Crippen molar-refractivity contribution in [3.05, 3.63) is 40.8 Å². The highest BCUT2D eigenvalue weighted by molar-refractivity contribution is 7.99. The third kappa shape index (κ3) is 4.36. The van der Waals surface area contributed by atoms with Gasteiger partial charge in [0.1, 0.15) is 0 Å². The fourth-order valence-corrected chi connectivity index (χ4v) is 4.74. The largest absolute Gasteiger partial charge is 0.462 e. The number of nitrogens with zero attached hydrogens (tertiary/aromatic N) is 4. The molecule has 0 aliphatic heterocycles. The van der Waals surface area contributed by atoms with Gasteiger partial charge in [0.05, 0.1) is 28.5 Å². The molecule has 3 rings (SSSR count). The van der Waals surface area contributed by atoms with Gasteiger partial charge >= 0.3 is 5.97 Å². The lowest BCUT2D eigenvalue weighted by Gasteiger charge is -2.11. The van der Waals surface area contributed by atoms with E-state index in [4.69, 9.17) is 4.74 Å². The molecular weight excluding hydrogens is 442 g/mol. The molecule has 0 spiro atoms. The molecule has 0 saturated heterocycles. The monoisotopic (exact) mass is 465 g/mol. The topological polar surface area (TPSA) is 127 Å². The number of hydrogen-bond acceptors (Lipinski definition) is 8. The molecule has 166 valence electrons. The van der Waals surface area contributed by atoms with Crippen molar-refractivity contribution in [1.29, 1.82) is 0 Å². The summed E-state index contributed by atoms with van der Waals surface area (Å²) in [4.78, 5) is 28.0. The number of aromatic nitrogens is 4. The predicted molar refractivity (Wildman–Crippen MR) is 115 cm³/mol. The second-order valence-electron chi connectivity index (χ2n) is 6.92. The zero-order valence-electron chi connectivity index (χ0n) is 17.8. The smallest absolute Gasteiger partial charge is 0.340 e. The number of Topliss-reactive ketones (excluding diaryl/α,β-unsaturated/α-hetero) is 1. The van der Waals surface area contributed by atoms with Gasteiger partial charge in [-0.15, -0.1) is 10.2 Å². The zero-order chi connectivity index (χ0) is 22.9. The first kappa shape index (κ1) is 23.0. The van der Waals surface area contributed by atoms with Crippen molar-refractivity contribution in [2.24, 2.45) is 0 Å². The molecule has 3 aromatic rings. The van der Waals surface area contributed by atoms with E-state index in [1.807, 2.05) is 0 Å².